The smallest absolute Gasteiger partial charge is 0.258 e. The van der Waals surface area contributed by atoms with Gasteiger partial charge in [-0.15, -0.1) is 0 Å². The van der Waals surface area contributed by atoms with Crippen molar-refractivity contribution in [3.8, 4) is 5.75 Å². The standard InChI is InChI=1S/C28H29N3O4/c1-18(2)25(30-26(32)22-9-5-7-11-24(22)35-3)27(33)29-21-14-12-20(13-15-21)28(34)31-17-16-19-8-4-6-10-23(19)31/h4-15,18,25H,16-17H2,1-3H3,(H,29,33)(H,30,32). The van der Waals surface area contributed by atoms with Gasteiger partial charge in [0.25, 0.3) is 11.8 Å². The maximum atomic E-state index is 13.0. The molecule has 0 spiro atoms. The first kappa shape index (κ1) is 24.0. The second-order valence-corrected chi connectivity index (χ2v) is 8.80. The number of ether oxygens (including phenoxy) is 1. The van der Waals surface area contributed by atoms with Crippen LogP contribution in [0.15, 0.2) is 72.8 Å². The van der Waals surface area contributed by atoms with Gasteiger partial charge >= 0.3 is 0 Å². The molecule has 0 radical (unpaired) electrons. The Balaban J connectivity index is 1.43. The quantitative estimate of drug-likeness (QED) is 0.538. The Morgan fingerprint density at radius 3 is 2.31 bits per heavy atom. The van der Waals surface area contributed by atoms with Crippen LogP contribution in [0.4, 0.5) is 11.4 Å². The van der Waals surface area contributed by atoms with Crippen LogP contribution in [0.1, 0.15) is 40.1 Å². The van der Waals surface area contributed by atoms with Crippen LogP contribution in [-0.4, -0.2) is 37.4 Å². The van der Waals surface area contributed by atoms with Gasteiger partial charge in [-0.25, -0.2) is 0 Å². The van der Waals surface area contributed by atoms with Crippen molar-refractivity contribution in [1.29, 1.82) is 0 Å². The van der Waals surface area contributed by atoms with Gasteiger partial charge in [-0.1, -0.05) is 44.2 Å². The average Bonchev–Trinajstić information content (AvgIpc) is 3.31. The predicted molar refractivity (Wildman–Crippen MR) is 136 cm³/mol. The molecule has 0 bridgehead atoms. The molecule has 1 heterocycles. The minimum absolute atomic E-state index is 0.0723. The van der Waals surface area contributed by atoms with Crippen molar-refractivity contribution < 1.29 is 19.1 Å². The fraction of sp³-hybridized carbons (Fsp3) is 0.250. The van der Waals surface area contributed by atoms with Crippen LogP contribution in [0.3, 0.4) is 0 Å². The van der Waals surface area contributed by atoms with Crippen LogP contribution in [0.2, 0.25) is 0 Å². The van der Waals surface area contributed by atoms with Gasteiger partial charge in [-0.2, -0.15) is 0 Å². The number of benzene rings is 3. The molecule has 7 heteroatoms. The van der Waals surface area contributed by atoms with E-state index in [2.05, 4.69) is 10.6 Å². The second-order valence-electron chi connectivity index (χ2n) is 8.80. The third-order valence-electron chi connectivity index (χ3n) is 6.12. The summed E-state index contributed by atoms with van der Waals surface area (Å²) in [5.41, 5.74) is 3.56. The van der Waals surface area contributed by atoms with Crippen molar-refractivity contribution in [3.05, 3.63) is 89.5 Å². The van der Waals surface area contributed by atoms with Gasteiger partial charge in [0.05, 0.1) is 12.7 Å². The molecule has 3 aromatic rings. The molecule has 1 unspecified atom stereocenters. The topological polar surface area (TPSA) is 87.7 Å². The lowest BCUT2D eigenvalue weighted by Crippen LogP contribution is -2.47. The summed E-state index contributed by atoms with van der Waals surface area (Å²) in [5, 5.41) is 5.66. The van der Waals surface area contributed by atoms with Crippen molar-refractivity contribution in [2.45, 2.75) is 26.3 Å². The molecular formula is C28H29N3O4. The van der Waals surface area contributed by atoms with Crippen LogP contribution in [0, 0.1) is 5.92 Å². The van der Waals surface area contributed by atoms with Crippen molar-refractivity contribution in [3.63, 3.8) is 0 Å². The summed E-state index contributed by atoms with van der Waals surface area (Å²) in [6, 6.07) is 20.8. The van der Waals surface area contributed by atoms with Crippen LogP contribution < -0.4 is 20.3 Å². The number of nitrogens with zero attached hydrogens (tertiary/aromatic N) is 1. The van der Waals surface area contributed by atoms with E-state index in [-0.39, 0.29) is 23.6 Å². The highest BCUT2D eigenvalue weighted by Crippen LogP contribution is 2.29. The lowest BCUT2D eigenvalue weighted by Gasteiger charge is -2.22. The van der Waals surface area contributed by atoms with E-state index in [1.807, 2.05) is 38.1 Å². The molecule has 3 aromatic carbocycles. The summed E-state index contributed by atoms with van der Waals surface area (Å²) in [6.45, 7) is 4.38. The summed E-state index contributed by atoms with van der Waals surface area (Å²) < 4.78 is 5.26. The number of methoxy groups -OCH3 is 1. The van der Waals surface area contributed by atoms with E-state index in [9.17, 15) is 14.4 Å². The molecule has 0 saturated heterocycles. The number of fused-ring (bicyclic) bond motifs is 1. The monoisotopic (exact) mass is 471 g/mol. The van der Waals surface area contributed by atoms with E-state index in [0.29, 0.717) is 29.1 Å². The first-order valence-electron chi connectivity index (χ1n) is 11.6. The van der Waals surface area contributed by atoms with Crippen molar-refractivity contribution in [2.24, 2.45) is 5.92 Å². The number of carbonyl (C=O) groups excluding carboxylic acids is 3. The van der Waals surface area contributed by atoms with Crippen LogP contribution in [0.5, 0.6) is 5.75 Å². The Bertz CT molecular complexity index is 1240. The highest BCUT2D eigenvalue weighted by molar-refractivity contribution is 6.08. The van der Waals surface area contributed by atoms with Crippen molar-refractivity contribution in [1.82, 2.24) is 5.32 Å². The van der Waals surface area contributed by atoms with Crippen LogP contribution in [0.25, 0.3) is 0 Å². The normalized spacial score (nSPS) is 13.2. The molecule has 1 aliphatic heterocycles. The molecule has 0 aliphatic carbocycles. The maximum Gasteiger partial charge on any atom is 0.258 e. The Labute approximate surface area is 205 Å². The van der Waals surface area contributed by atoms with Gasteiger partial charge in [-0.05, 0) is 60.4 Å². The molecule has 180 valence electrons. The number of rotatable bonds is 7. The first-order valence-corrected chi connectivity index (χ1v) is 11.6. The van der Waals surface area contributed by atoms with E-state index in [1.54, 1.807) is 53.4 Å². The van der Waals surface area contributed by atoms with E-state index in [1.165, 1.54) is 12.7 Å². The molecule has 35 heavy (non-hydrogen) atoms. The Kier molecular flexibility index (Phi) is 7.15. The van der Waals surface area contributed by atoms with E-state index in [0.717, 1.165) is 12.1 Å². The fourth-order valence-electron chi connectivity index (χ4n) is 4.21. The number of carbonyl (C=O) groups is 3. The van der Waals surface area contributed by atoms with Crippen molar-refractivity contribution in [2.75, 3.05) is 23.9 Å². The highest BCUT2D eigenvalue weighted by Gasteiger charge is 2.27. The average molecular weight is 472 g/mol. The third-order valence-corrected chi connectivity index (χ3v) is 6.12. The van der Waals surface area contributed by atoms with Crippen LogP contribution in [-0.2, 0) is 11.2 Å². The Hall–Kier alpha value is -4.13. The minimum atomic E-state index is -0.755. The van der Waals surface area contributed by atoms with Gasteiger partial charge in [-0.3, -0.25) is 14.4 Å². The van der Waals surface area contributed by atoms with Gasteiger partial charge in [0, 0.05) is 23.5 Å². The van der Waals surface area contributed by atoms with E-state index in [4.69, 9.17) is 4.74 Å². The largest absolute Gasteiger partial charge is 0.496 e. The zero-order valence-electron chi connectivity index (χ0n) is 20.1. The van der Waals surface area contributed by atoms with Gasteiger partial charge in [0.2, 0.25) is 5.91 Å². The zero-order valence-corrected chi connectivity index (χ0v) is 20.1. The molecule has 0 fully saturated rings. The van der Waals surface area contributed by atoms with Crippen molar-refractivity contribution >= 4 is 29.1 Å². The molecule has 4 rings (SSSR count). The number of amides is 3. The Morgan fingerprint density at radius 1 is 0.914 bits per heavy atom. The Morgan fingerprint density at radius 2 is 1.60 bits per heavy atom. The summed E-state index contributed by atoms with van der Waals surface area (Å²) in [4.78, 5) is 40.6. The lowest BCUT2D eigenvalue weighted by molar-refractivity contribution is -0.118. The number of hydrogen-bond acceptors (Lipinski definition) is 4. The van der Waals surface area contributed by atoms with Gasteiger partial charge in [0.1, 0.15) is 11.8 Å². The number of nitrogens with one attached hydrogen (secondary N) is 2. The summed E-state index contributed by atoms with van der Waals surface area (Å²) in [5.74, 6) is -0.505. The molecule has 2 N–H and O–H groups in total. The number of hydrogen-bond donors (Lipinski definition) is 2. The zero-order chi connectivity index (χ0) is 24.9. The van der Waals surface area contributed by atoms with Crippen LogP contribution >= 0.6 is 0 Å². The molecule has 1 atom stereocenters. The maximum absolute atomic E-state index is 13.0. The van der Waals surface area contributed by atoms with E-state index >= 15 is 0 Å². The van der Waals surface area contributed by atoms with Gasteiger partial charge < -0.3 is 20.3 Å². The lowest BCUT2D eigenvalue weighted by atomic mass is 10.0. The summed E-state index contributed by atoms with van der Waals surface area (Å²) in [7, 11) is 1.50. The van der Waals surface area contributed by atoms with Gasteiger partial charge in [0.15, 0.2) is 0 Å². The summed E-state index contributed by atoms with van der Waals surface area (Å²) >= 11 is 0. The predicted octanol–water partition coefficient (Wildman–Crippen LogP) is 4.29. The number of anilines is 2. The van der Waals surface area contributed by atoms with E-state index < -0.39 is 6.04 Å². The molecule has 0 saturated carbocycles. The molecule has 7 nitrogen and oxygen atoms in total. The molecular weight excluding hydrogens is 442 g/mol. The second kappa shape index (κ2) is 10.4. The number of para-hydroxylation sites is 2. The minimum Gasteiger partial charge on any atom is -0.496 e. The summed E-state index contributed by atoms with van der Waals surface area (Å²) in [6.07, 6.45) is 0.840. The third kappa shape index (κ3) is 5.19. The molecule has 1 aliphatic rings. The highest BCUT2D eigenvalue weighted by atomic mass is 16.5. The SMILES string of the molecule is COc1ccccc1C(=O)NC(C(=O)Nc1ccc(C(=O)N2CCc3ccccc32)cc1)C(C)C. The fourth-order valence-corrected chi connectivity index (χ4v) is 4.21. The first-order chi connectivity index (χ1) is 16.9. The molecule has 3 amide bonds. The molecule has 0 aromatic heterocycles.